The summed E-state index contributed by atoms with van der Waals surface area (Å²) in [5, 5.41) is 13.4. The lowest BCUT2D eigenvalue weighted by atomic mass is 10.1. The molecule has 0 radical (unpaired) electrons. The predicted molar refractivity (Wildman–Crippen MR) is 125 cm³/mol. The molecule has 0 saturated carbocycles. The quantitative estimate of drug-likeness (QED) is 0.328. The molecule has 0 spiro atoms. The Morgan fingerprint density at radius 2 is 1.69 bits per heavy atom. The van der Waals surface area contributed by atoms with Crippen LogP contribution in [-0.4, -0.2) is 21.7 Å². The van der Waals surface area contributed by atoms with Crippen LogP contribution in [0.3, 0.4) is 0 Å². The van der Waals surface area contributed by atoms with Gasteiger partial charge in [-0.15, -0.1) is 0 Å². The Labute approximate surface area is 186 Å². The number of aliphatic hydroxyl groups is 1. The summed E-state index contributed by atoms with van der Waals surface area (Å²) < 4.78 is 11.1. The van der Waals surface area contributed by atoms with Gasteiger partial charge in [-0.05, 0) is 48.9 Å². The van der Waals surface area contributed by atoms with Crippen LogP contribution in [0.1, 0.15) is 18.8 Å². The van der Waals surface area contributed by atoms with E-state index < -0.39 is 6.29 Å². The highest BCUT2D eigenvalue weighted by Gasteiger charge is 2.14. The SMILES string of the molecule is CCOC(O)c1cccc(Nc2ncnc(N)c2-c2ccc(Oc3ccccc3)cc2)c1. The number of ether oxygens (including phenoxy) is 2. The highest BCUT2D eigenvalue weighted by atomic mass is 16.6. The third kappa shape index (κ3) is 5.03. The van der Waals surface area contributed by atoms with Crippen LogP contribution >= 0.6 is 0 Å². The predicted octanol–water partition coefficient (Wildman–Crippen LogP) is 5.29. The standard InChI is InChI=1S/C25H24N4O3/c1-2-31-25(30)18-7-6-8-19(15-18)29-24-22(23(26)27-16-28-24)17-11-13-21(14-12-17)32-20-9-4-3-5-10-20/h3-16,25,30H,2H2,1H3,(H3,26,27,28,29). The smallest absolute Gasteiger partial charge is 0.181 e. The molecule has 0 fully saturated rings. The molecule has 1 heterocycles. The van der Waals surface area contributed by atoms with Crippen molar-refractivity contribution >= 4 is 17.3 Å². The number of nitrogens with zero attached hydrogens (tertiary/aromatic N) is 2. The minimum absolute atomic E-state index is 0.352. The number of anilines is 3. The number of nitrogen functional groups attached to an aromatic ring is 1. The Kier molecular flexibility index (Phi) is 6.60. The maximum Gasteiger partial charge on any atom is 0.181 e. The van der Waals surface area contributed by atoms with E-state index in [2.05, 4.69) is 15.3 Å². The second-order valence-corrected chi connectivity index (χ2v) is 6.98. The van der Waals surface area contributed by atoms with Gasteiger partial charge in [0.05, 0.1) is 5.56 Å². The molecule has 162 valence electrons. The summed E-state index contributed by atoms with van der Waals surface area (Å²) >= 11 is 0. The molecule has 1 aromatic heterocycles. The van der Waals surface area contributed by atoms with Crippen LogP contribution in [0.5, 0.6) is 11.5 Å². The summed E-state index contributed by atoms with van der Waals surface area (Å²) in [6.07, 6.45) is 0.418. The van der Waals surface area contributed by atoms with Gasteiger partial charge in [0.15, 0.2) is 6.29 Å². The van der Waals surface area contributed by atoms with Crippen LogP contribution in [0, 0.1) is 0 Å². The molecule has 3 aromatic carbocycles. The van der Waals surface area contributed by atoms with E-state index in [-0.39, 0.29) is 0 Å². The normalized spacial score (nSPS) is 11.7. The van der Waals surface area contributed by atoms with Crippen LogP contribution in [0.4, 0.5) is 17.3 Å². The van der Waals surface area contributed by atoms with E-state index in [0.717, 1.165) is 17.0 Å². The summed E-state index contributed by atoms with van der Waals surface area (Å²) in [5.41, 5.74) is 9.11. The van der Waals surface area contributed by atoms with Crippen molar-refractivity contribution in [3.8, 4) is 22.6 Å². The summed E-state index contributed by atoms with van der Waals surface area (Å²) in [6, 6.07) is 24.5. The Hall–Kier alpha value is -3.94. The summed E-state index contributed by atoms with van der Waals surface area (Å²) in [5.74, 6) is 2.38. The van der Waals surface area contributed by atoms with Crippen LogP contribution in [-0.2, 0) is 4.74 Å². The van der Waals surface area contributed by atoms with Crippen molar-refractivity contribution in [3.05, 3.63) is 90.8 Å². The second kappa shape index (κ2) is 9.91. The zero-order valence-corrected chi connectivity index (χ0v) is 17.6. The van der Waals surface area contributed by atoms with Gasteiger partial charge in [0.2, 0.25) is 0 Å². The van der Waals surface area contributed by atoms with Crippen molar-refractivity contribution in [2.24, 2.45) is 0 Å². The molecule has 1 unspecified atom stereocenters. The lowest BCUT2D eigenvalue weighted by Crippen LogP contribution is -2.05. The van der Waals surface area contributed by atoms with E-state index in [1.807, 2.05) is 73.7 Å². The first-order chi connectivity index (χ1) is 15.6. The maximum absolute atomic E-state index is 10.1. The van der Waals surface area contributed by atoms with Crippen molar-refractivity contribution in [1.29, 1.82) is 0 Å². The van der Waals surface area contributed by atoms with Crippen molar-refractivity contribution in [1.82, 2.24) is 9.97 Å². The van der Waals surface area contributed by atoms with Crippen molar-refractivity contribution in [2.45, 2.75) is 13.2 Å². The molecule has 0 aliphatic rings. The van der Waals surface area contributed by atoms with E-state index >= 15 is 0 Å². The number of hydrogen-bond donors (Lipinski definition) is 3. The molecule has 0 aliphatic heterocycles. The fourth-order valence-electron chi connectivity index (χ4n) is 3.25. The first-order valence-corrected chi connectivity index (χ1v) is 10.2. The van der Waals surface area contributed by atoms with E-state index in [1.54, 1.807) is 12.1 Å². The number of aliphatic hydroxyl groups excluding tert-OH is 1. The van der Waals surface area contributed by atoms with Gasteiger partial charge in [-0.25, -0.2) is 9.97 Å². The van der Waals surface area contributed by atoms with Crippen LogP contribution in [0.15, 0.2) is 85.2 Å². The number of benzene rings is 3. The van der Waals surface area contributed by atoms with Gasteiger partial charge in [-0.1, -0.05) is 42.5 Å². The first kappa shape index (κ1) is 21.3. The molecule has 4 N–H and O–H groups in total. The zero-order chi connectivity index (χ0) is 22.3. The molecule has 0 aliphatic carbocycles. The molecule has 0 saturated heterocycles. The van der Waals surface area contributed by atoms with E-state index in [0.29, 0.717) is 35.1 Å². The Morgan fingerprint density at radius 3 is 2.44 bits per heavy atom. The number of para-hydroxylation sites is 1. The van der Waals surface area contributed by atoms with Gasteiger partial charge in [-0.2, -0.15) is 0 Å². The lowest BCUT2D eigenvalue weighted by molar-refractivity contribution is -0.0979. The topological polar surface area (TPSA) is 103 Å². The van der Waals surface area contributed by atoms with Crippen LogP contribution in [0.2, 0.25) is 0 Å². The highest BCUT2D eigenvalue weighted by molar-refractivity contribution is 5.85. The maximum atomic E-state index is 10.1. The minimum Gasteiger partial charge on any atom is -0.457 e. The van der Waals surface area contributed by atoms with Crippen molar-refractivity contribution in [3.63, 3.8) is 0 Å². The number of rotatable bonds is 8. The molecule has 0 amide bonds. The average Bonchev–Trinajstić information content (AvgIpc) is 2.81. The van der Waals surface area contributed by atoms with Gasteiger partial charge >= 0.3 is 0 Å². The fraction of sp³-hybridized carbons (Fsp3) is 0.120. The van der Waals surface area contributed by atoms with E-state index in [9.17, 15) is 5.11 Å². The molecule has 7 heteroatoms. The minimum atomic E-state index is -0.992. The molecular formula is C25H24N4O3. The average molecular weight is 428 g/mol. The van der Waals surface area contributed by atoms with Gasteiger partial charge in [-0.3, -0.25) is 0 Å². The van der Waals surface area contributed by atoms with Gasteiger partial charge in [0.1, 0.15) is 29.5 Å². The second-order valence-electron chi connectivity index (χ2n) is 6.98. The molecule has 0 bridgehead atoms. The molecule has 1 atom stereocenters. The molecule has 32 heavy (non-hydrogen) atoms. The Balaban J connectivity index is 1.59. The first-order valence-electron chi connectivity index (χ1n) is 10.2. The number of aromatic nitrogens is 2. The van der Waals surface area contributed by atoms with Crippen LogP contribution < -0.4 is 15.8 Å². The van der Waals surface area contributed by atoms with E-state index in [1.165, 1.54) is 6.33 Å². The monoisotopic (exact) mass is 428 g/mol. The van der Waals surface area contributed by atoms with Gasteiger partial charge < -0.3 is 25.6 Å². The van der Waals surface area contributed by atoms with Crippen molar-refractivity contribution < 1.29 is 14.6 Å². The number of hydrogen-bond acceptors (Lipinski definition) is 7. The lowest BCUT2D eigenvalue weighted by Gasteiger charge is -2.15. The molecule has 7 nitrogen and oxygen atoms in total. The number of nitrogens with two attached hydrogens (primary N) is 1. The highest BCUT2D eigenvalue weighted by Crippen LogP contribution is 2.34. The Bertz CT molecular complexity index is 1170. The van der Waals surface area contributed by atoms with Gasteiger partial charge in [0, 0.05) is 17.9 Å². The van der Waals surface area contributed by atoms with E-state index in [4.69, 9.17) is 15.2 Å². The third-order valence-corrected chi connectivity index (χ3v) is 4.76. The van der Waals surface area contributed by atoms with Crippen LogP contribution in [0.25, 0.3) is 11.1 Å². The molecular weight excluding hydrogens is 404 g/mol. The summed E-state index contributed by atoms with van der Waals surface area (Å²) in [7, 11) is 0. The summed E-state index contributed by atoms with van der Waals surface area (Å²) in [6.45, 7) is 2.24. The zero-order valence-electron chi connectivity index (χ0n) is 17.6. The molecule has 4 aromatic rings. The fourth-order valence-corrected chi connectivity index (χ4v) is 3.25. The number of nitrogens with one attached hydrogen (secondary N) is 1. The van der Waals surface area contributed by atoms with Crippen molar-refractivity contribution in [2.75, 3.05) is 17.7 Å². The third-order valence-electron chi connectivity index (χ3n) is 4.76. The molecule has 4 rings (SSSR count). The summed E-state index contributed by atoms with van der Waals surface area (Å²) in [4.78, 5) is 8.54. The largest absolute Gasteiger partial charge is 0.457 e. The van der Waals surface area contributed by atoms with Gasteiger partial charge in [0.25, 0.3) is 0 Å². The Morgan fingerprint density at radius 1 is 0.938 bits per heavy atom.